The van der Waals surface area contributed by atoms with Crippen LogP contribution in [0.1, 0.15) is 117 Å². The highest BCUT2D eigenvalue weighted by atomic mass is 35.5. The summed E-state index contributed by atoms with van der Waals surface area (Å²) in [6.07, 6.45) is -24.4. The average Bonchev–Trinajstić information content (AvgIpc) is 0.766. The van der Waals surface area contributed by atoms with Crippen molar-refractivity contribution in [3.8, 4) is 62.9 Å². The number of amides is 10. The molecule has 2 fully saturated rings. The van der Waals surface area contributed by atoms with E-state index in [9.17, 15) is 87.9 Å². The highest BCUT2D eigenvalue weighted by Gasteiger charge is 2.53. The lowest BCUT2D eigenvalue weighted by Gasteiger charge is -2.48. The fraction of sp³-hybridized carbons (Fsp3) is 0.412. The maximum absolute atomic E-state index is 16.4. The minimum Gasteiger partial charge on any atom is -0.508 e. The number of aliphatic hydroxyl groups excluding tert-OH is 6. The Balaban J connectivity index is 0.980. The average molecular weight is 1890 g/mol. The molecule has 132 heavy (non-hydrogen) atoms. The van der Waals surface area contributed by atoms with Gasteiger partial charge in [0.15, 0.2) is 23.9 Å². The summed E-state index contributed by atoms with van der Waals surface area (Å²) in [5, 5.41) is 129. The Morgan fingerprint density at radius 2 is 1.36 bits per heavy atom. The molecule has 7 aliphatic rings. The predicted octanol–water partition coefficient (Wildman–Crippen LogP) is 1.17. The largest absolute Gasteiger partial charge is 0.573 e. The number of anilines is 1. The quantitative estimate of drug-likeness (QED) is 0.0378. The second-order valence-electron chi connectivity index (χ2n) is 32.2. The Morgan fingerprint density at radius 3 is 1.98 bits per heavy atom. The lowest BCUT2D eigenvalue weighted by Crippen LogP contribution is -2.65. The topological polar surface area (TPSA) is 620 Å². The van der Waals surface area contributed by atoms with E-state index in [2.05, 4.69) is 68.4 Å². The van der Waals surface area contributed by atoms with Gasteiger partial charge in [0.1, 0.15) is 107 Å². The number of benzene rings is 6. The number of fused-ring (bicyclic) bond motifs is 15. The smallest absolute Gasteiger partial charge is 0.508 e. The SMILES string of the molecule is CNC(CC(C)C)C(=O)NC1C(=O)NC(CC(N)=O)C(=O)NC2C(=O)NC3C(=O)NC(C(=O)N[C@H](C(=O)NNC(=O)CCOC)c4cc(O)cc(O)c4-c4cc3ccc4O)C(O)c3ccc(c(Cl)c3)Oc3cc2cc(c3OC2OC(CO)C(O)C(O)C2OC2C[C@@](C)(NCCn3ccc(NC(=O)Cc4ccc(OC(F)(F)F)cc4)nc3=O)C(O)C(C)O2)Oc2ccc(cc2Cl)C1O. The number of rotatable bonds is 24. The van der Waals surface area contributed by atoms with Gasteiger partial charge in [-0.1, -0.05) is 67.4 Å². The number of halogens is 5. The maximum Gasteiger partial charge on any atom is 0.573 e. The molecule has 7 aliphatic heterocycles. The number of likely N-dealkylation sites (N-methyl/N-ethyl adjacent to an activating group) is 1. The molecule has 6 aromatic carbocycles. The third-order valence-corrected chi connectivity index (χ3v) is 22.7. The summed E-state index contributed by atoms with van der Waals surface area (Å²) in [5.74, 6) is -18.5. The molecule has 11 bridgehead atoms. The zero-order chi connectivity index (χ0) is 95.8. The van der Waals surface area contributed by atoms with E-state index >= 15 is 24.0 Å². The summed E-state index contributed by atoms with van der Waals surface area (Å²) in [6.45, 7) is 5.16. The van der Waals surface area contributed by atoms with Crippen LogP contribution in [0.25, 0.3) is 11.1 Å². The highest BCUT2D eigenvalue weighted by molar-refractivity contribution is 6.32. The van der Waals surface area contributed by atoms with Crippen molar-refractivity contribution in [2.45, 2.75) is 182 Å². The van der Waals surface area contributed by atoms with Gasteiger partial charge in [0.25, 0.3) is 5.91 Å². The molecule has 14 rings (SSSR count). The van der Waals surface area contributed by atoms with Gasteiger partial charge in [-0.3, -0.25) is 63.4 Å². The van der Waals surface area contributed by atoms with Crippen LogP contribution in [0.5, 0.6) is 51.7 Å². The van der Waals surface area contributed by atoms with Crippen molar-refractivity contribution in [2.75, 3.05) is 39.2 Å². The van der Waals surface area contributed by atoms with Crippen molar-refractivity contribution in [1.82, 2.24) is 62.9 Å². The number of aliphatic hydroxyl groups is 6. The van der Waals surface area contributed by atoms with Crippen molar-refractivity contribution < 1.29 is 145 Å². The number of hydrazine groups is 1. The minimum absolute atomic E-state index is 0.107. The van der Waals surface area contributed by atoms with Gasteiger partial charge >= 0.3 is 12.1 Å². The van der Waals surface area contributed by atoms with Gasteiger partial charge < -0.3 is 137 Å². The molecule has 10 amide bonds. The van der Waals surface area contributed by atoms with Gasteiger partial charge in [-0.25, -0.2) is 4.79 Å². The monoisotopic (exact) mass is 1890 g/mol. The molecular formula is C85H95Cl2F3N14O28. The number of hydrogen-bond acceptors (Lipinski definition) is 31. The van der Waals surface area contributed by atoms with Gasteiger partial charge in [-0.15, -0.1) is 13.2 Å². The van der Waals surface area contributed by atoms with Crippen LogP contribution in [0, 0.1) is 5.92 Å². The predicted molar refractivity (Wildman–Crippen MR) is 452 cm³/mol. The molecule has 0 radical (unpaired) electrons. The minimum atomic E-state index is -4.95. The number of methoxy groups -OCH3 is 1. The number of phenols is 3. The van der Waals surface area contributed by atoms with Gasteiger partial charge in [-0.05, 0) is 139 Å². The summed E-state index contributed by atoms with van der Waals surface area (Å²) in [6, 6.07) is 4.47. The number of nitrogens with one attached hydrogen (secondary N) is 11. The van der Waals surface area contributed by atoms with Crippen LogP contribution in [0.4, 0.5) is 19.0 Å². The van der Waals surface area contributed by atoms with Crippen LogP contribution in [0.3, 0.4) is 0 Å². The summed E-state index contributed by atoms with van der Waals surface area (Å²) in [4.78, 5) is 164. The Bertz CT molecular complexity index is 5590. The zero-order valence-corrected chi connectivity index (χ0v) is 72.4. The summed E-state index contributed by atoms with van der Waals surface area (Å²) < 4.78 is 87.6. The molecule has 18 atom stereocenters. The van der Waals surface area contributed by atoms with E-state index in [1.54, 1.807) is 20.8 Å². The van der Waals surface area contributed by atoms with Crippen molar-refractivity contribution in [3.63, 3.8) is 0 Å². The first kappa shape index (κ1) is 98.4. The van der Waals surface area contributed by atoms with Gasteiger partial charge in [0, 0.05) is 55.5 Å². The van der Waals surface area contributed by atoms with Crippen molar-refractivity contribution >= 4 is 88.1 Å². The van der Waals surface area contributed by atoms with Crippen LogP contribution >= 0.6 is 23.2 Å². The van der Waals surface area contributed by atoms with Crippen LogP contribution in [0.15, 0.2) is 120 Å². The van der Waals surface area contributed by atoms with Crippen LogP contribution < -0.4 is 89.1 Å². The van der Waals surface area contributed by atoms with Crippen LogP contribution in [-0.4, -0.2) is 234 Å². The summed E-state index contributed by atoms with van der Waals surface area (Å²) in [5.41, 5.74) is 4.99. The first-order valence-corrected chi connectivity index (χ1v) is 41.8. The number of alkyl halides is 3. The third-order valence-electron chi connectivity index (χ3n) is 22.2. The number of ether oxygens (including phenoxy) is 8. The first-order valence-electron chi connectivity index (χ1n) is 41.0. The Morgan fingerprint density at radius 1 is 0.720 bits per heavy atom. The number of primary amides is 1. The molecule has 22 N–H and O–H groups in total. The number of nitrogens with zero attached hydrogens (tertiary/aromatic N) is 2. The van der Waals surface area contributed by atoms with E-state index in [4.69, 9.17) is 62.1 Å². The summed E-state index contributed by atoms with van der Waals surface area (Å²) in [7, 11) is 2.74. The molecule has 16 unspecified atom stereocenters. The Kier molecular flexibility index (Phi) is 31.2. The van der Waals surface area contributed by atoms with E-state index in [0.717, 1.165) is 89.5 Å². The van der Waals surface area contributed by atoms with Gasteiger partial charge in [-0.2, -0.15) is 4.98 Å². The number of carbonyl (C=O) groups is 10. The molecule has 0 saturated carbocycles. The number of phenolic OH excluding ortho intramolecular Hbond substituents is 3. The second kappa shape index (κ2) is 41.9. The third kappa shape index (κ3) is 23.3. The molecule has 47 heteroatoms. The van der Waals surface area contributed by atoms with E-state index in [0.29, 0.717) is 5.56 Å². The summed E-state index contributed by atoms with van der Waals surface area (Å²) >= 11 is 14.4. The number of carbonyl (C=O) groups excluding carboxylic acids is 10. The lowest BCUT2D eigenvalue weighted by molar-refractivity contribution is -0.334. The first-order chi connectivity index (χ1) is 62.5. The fourth-order valence-electron chi connectivity index (χ4n) is 15.4. The molecule has 0 aliphatic carbocycles. The van der Waals surface area contributed by atoms with Gasteiger partial charge in [0.2, 0.25) is 65.2 Å². The van der Waals surface area contributed by atoms with Gasteiger partial charge in [0.05, 0.1) is 60.8 Å². The Labute approximate surface area is 757 Å². The van der Waals surface area contributed by atoms with Crippen LogP contribution in [0.2, 0.25) is 10.0 Å². The standard InChI is InChI=1S/C85H95Cl2F3N14O28/c1-35(2)23-48(92-5)75(117)100-66-68(112)39-10-15-52(46(86)26-39)127-54-28-41-29-55(72(54)131-82-73(71(115)70(114)56(34-105)129-82)130-61-33-84(4,74(116)36(3)126-61)93-19-21-104-20-17-58(96-83(104)124)95-60(111)24-37-7-12-43(13-8-37)132-85(88,89)90)128-53-16-11-40(27-47(53)87)69(113)67-80(122)99-65(81(123)103-102-59(110)18-22-125-6)45-30-42(106)31-51(108)62(45)44-25-38(9-14-50(44)107)63(77(119)101-67)98-78(120)64(41)97-76(118)49(32-57(91)109)94-79(66)121/h7-17,20,25-31,35-36,48-49,56,61,63-71,73-74,82,92-93,105-108,112-116H,18-19,21-24,32-34H2,1-6H3,(H2,91,109)(H,94,121)(H,97,118)(H,98,120)(H,99,122)(H,100,117)(H,101,119)(H,102,110)(H,103,123)(H,95,96,111,124)/t36?,48?,49?,56?,61?,63?,64?,65-,66?,67?,68?,69?,70?,71?,73?,74?,82?,84+/m0/s1. The van der Waals surface area contributed by atoms with Crippen molar-refractivity contribution in [2.24, 2.45) is 11.7 Å². The molecule has 0 spiro atoms. The molecule has 2 saturated heterocycles. The Hall–Kier alpha value is -12.6. The maximum atomic E-state index is 16.4. The van der Waals surface area contributed by atoms with E-state index in [-0.39, 0.29) is 68.2 Å². The van der Waals surface area contributed by atoms with E-state index in [1.807, 2.05) is 0 Å². The lowest BCUT2D eigenvalue weighted by atomic mass is 9.85. The molecule has 8 heterocycles. The number of aromatic hydroxyl groups is 3. The number of nitrogens with two attached hydrogens (primary N) is 1. The molecule has 1 aromatic heterocycles. The van der Waals surface area contributed by atoms with Crippen LogP contribution in [-0.2, 0) is 79.9 Å². The van der Waals surface area contributed by atoms with Crippen molar-refractivity contribution in [1.29, 1.82) is 0 Å². The number of hydrogen-bond donors (Lipinski definition) is 21. The highest BCUT2D eigenvalue weighted by Crippen LogP contribution is 2.50. The molecule has 708 valence electrons. The molecule has 7 aromatic rings. The molecule has 42 nitrogen and oxygen atoms in total. The van der Waals surface area contributed by atoms with E-state index < -0.39 is 283 Å². The van der Waals surface area contributed by atoms with E-state index in [1.165, 1.54) is 51.5 Å². The van der Waals surface area contributed by atoms with Crippen molar-refractivity contribution in [3.05, 3.63) is 169 Å². The number of aromatic nitrogens is 2. The normalized spacial score (nSPS) is 25.2. The fourth-order valence-corrected chi connectivity index (χ4v) is 15.9. The zero-order valence-electron chi connectivity index (χ0n) is 70.9. The molecular weight excluding hydrogens is 1790 g/mol. The second-order valence-corrected chi connectivity index (χ2v) is 33.0.